The molecule has 0 atom stereocenters. The summed E-state index contributed by atoms with van der Waals surface area (Å²) in [5.41, 5.74) is 0. The van der Waals surface area contributed by atoms with Gasteiger partial charge >= 0.3 is 5.97 Å². The summed E-state index contributed by atoms with van der Waals surface area (Å²) in [6.45, 7) is 0.366. The van der Waals surface area contributed by atoms with Gasteiger partial charge in [0.1, 0.15) is 0 Å². The molecule has 0 unspecified atom stereocenters. The average Bonchev–Trinajstić information content (AvgIpc) is 2.83. The summed E-state index contributed by atoms with van der Waals surface area (Å²) in [5, 5.41) is 8.76. The molecule has 0 fully saturated rings. The first-order chi connectivity index (χ1) is 16.3. The molecule has 0 bridgehead atoms. The molecule has 0 aromatic rings. The second-order valence-electron chi connectivity index (χ2n) is 10.2. The smallest absolute Gasteiger partial charge is 0.305 e. The Labute approximate surface area is 207 Å². The first-order valence-corrected chi connectivity index (χ1v) is 15.0. The van der Waals surface area contributed by atoms with Gasteiger partial charge in [0.05, 0.1) is 7.11 Å². The number of ether oxygens (including phenoxy) is 1. The topological polar surface area (TPSA) is 46.5 Å². The van der Waals surface area contributed by atoms with Crippen molar-refractivity contribution in [3.05, 3.63) is 0 Å². The van der Waals surface area contributed by atoms with Crippen LogP contribution in [0.3, 0.4) is 0 Å². The normalized spacial score (nSPS) is 11.2. The average molecular weight is 469 g/mol. The summed E-state index contributed by atoms with van der Waals surface area (Å²) in [4.78, 5) is 11.0. The number of unbranched alkanes of at least 4 members (excludes halogenated alkanes) is 25. The molecule has 33 heavy (non-hydrogen) atoms. The first kappa shape index (κ1) is 32.4. The van der Waals surface area contributed by atoms with Gasteiger partial charge in [0, 0.05) is 13.0 Å². The van der Waals surface area contributed by atoms with Gasteiger partial charge in [0.2, 0.25) is 0 Å². The lowest BCUT2D eigenvalue weighted by Crippen LogP contribution is -1.99. The van der Waals surface area contributed by atoms with Crippen LogP contribution in [0.5, 0.6) is 0 Å². The van der Waals surface area contributed by atoms with Crippen molar-refractivity contribution in [2.24, 2.45) is 0 Å². The van der Waals surface area contributed by atoms with Crippen LogP contribution >= 0.6 is 0 Å². The van der Waals surface area contributed by atoms with Gasteiger partial charge in [-0.25, -0.2) is 0 Å². The zero-order valence-corrected chi connectivity index (χ0v) is 22.6. The molecule has 198 valence electrons. The highest BCUT2D eigenvalue weighted by atomic mass is 16.5. The van der Waals surface area contributed by atoms with Crippen LogP contribution in [0.1, 0.15) is 173 Å². The Kier molecular flexibility index (Phi) is 29.0. The summed E-state index contributed by atoms with van der Waals surface area (Å²) in [5.74, 6) is -0.0650. The monoisotopic (exact) mass is 468 g/mol. The minimum atomic E-state index is -0.0650. The first-order valence-electron chi connectivity index (χ1n) is 15.0. The Balaban J connectivity index is 3.02. The molecule has 3 nitrogen and oxygen atoms in total. The molecular formula is C30H60O3. The summed E-state index contributed by atoms with van der Waals surface area (Å²) < 4.78 is 4.67. The standard InChI is InChI=1S/C30H60O3/c1-33-30(32)28-26-24-22-20-18-16-14-12-10-8-6-4-2-3-5-7-9-11-13-15-17-19-21-23-25-27-29-31/h31H,2-29H2,1H3. The molecule has 0 heterocycles. The molecule has 1 N–H and O–H groups in total. The van der Waals surface area contributed by atoms with E-state index in [1.165, 1.54) is 161 Å². The van der Waals surface area contributed by atoms with Gasteiger partial charge in [-0.1, -0.05) is 154 Å². The summed E-state index contributed by atoms with van der Waals surface area (Å²) in [6.07, 6.45) is 35.9. The number of esters is 1. The lowest BCUT2D eigenvalue weighted by molar-refractivity contribution is -0.140. The second kappa shape index (κ2) is 29.5. The van der Waals surface area contributed by atoms with E-state index in [4.69, 9.17) is 5.11 Å². The molecule has 0 radical (unpaired) electrons. The molecule has 0 rings (SSSR count). The molecule has 0 amide bonds. The van der Waals surface area contributed by atoms with Crippen LogP contribution in [0.15, 0.2) is 0 Å². The van der Waals surface area contributed by atoms with E-state index in [1.807, 2.05) is 0 Å². The van der Waals surface area contributed by atoms with Crippen LogP contribution in [-0.2, 0) is 9.53 Å². The van der Waals surface area contributed by atoms with E-state index >= 15 is 0 Å². The maximum absolute atomic E-state index is 11.0. The molecule has 0 aliphatic rings. The molecule has 3 heteroatoms. The number of aliphatic hydroxyl groups excluding tert-OH is 1. The van der Waals surface area contributed by atoms with Crippen molar-refractivity contribution in [3.63, 3.8) is 0 Å². The van der Waals surface area contributed by atoms with Crippen molar-refractivity contribution >= 4 is 5.97 Å². The van der Waals surface area contributed by atoms with E-state index in [0.29, 0.717) is 13.0 Å². The van der Waals surface area contributed by atoms with Crippen LogP contribution < -0.4 is 0 Å². The Morgan fingerprint density at radius 2 is 0.636 bits per heavy atom. The predicted octanol–water partition coefficient (Wildman–Crippen LogP) is 9.68. The van der Waals surface area contributed by atoms with Crippen LogP contribution in [0.4, 0.5) is 0 Å². The van der Waals surface area contributed by atoms with E-state index in [2.05, 4.69) is 4.74 Å². The van der Waals surface area contributed by atoms with Gasteiger partial charge in [-0.05, 0) is 12.8 Å². The molecule has 0 aromatic carbocycles. The van der Waals surface area contributed by atoms with Gasteiger partial charge in [0.15, 0.2) is 0 Å². The number of hydrogen-bond acceptors (Lipinski definition) is 3. The van der Waals surface area contributed by atoms with Gasteiger partial charge in [-0.15, -0.1) is 0 Å². The van der Waals surface area contributed by atoms with E-state index in [1.54, 1.807) is 0 Å². The maximum Gasteiger partial charge on any atom is 0.305 e. The minimum absolute atomic E-state index is 0.0650. The van der Waals surface area contributed by atoms with Crippen LogP contribution in [-0.4, -0.2) is 24.8 Å². The van der Waals surface area contributed by atoms with Crippen molar-refractivity contribution in [3.8, 4) is 0 Å². The van der Waals surface area contributed by atoms with E-state index in [9.17, 15) is 4.79 Å². The largest absolute Gasteiger partial charge is 0.469 e. The molecule has 0 saturated heterocycles. The predicted molar refractivity (Wildman–Crippen MR) is 144 cm³/mol. The van der Waals surface area contributed by atoms with Gasteiger partial charge in [-0.3, -0.25) is 4.79 Å². The number of rotatable bonds is 28. The molecule has 0 spiro atoms. The van der Waals surface area contributed by atoms with Crippen molar-refractivity contribution in [2.75, 3.05) is 13.7 Å². The SMILES string of the molecule is COC(=O)CCCCCCCCCCCCCCCCCCCCCCCCCCCCO. The van der Waals surface area contributed by atoms with Crippen LogP contribution in [0, 0.1) is 0 Å². The molecule has 0 aromatic heterocycles. The second-order valence-corrected chi connectivity index (χ2v) is 10.2. The Hall–Kier alpha value is -0.570. The Morgan fingerprint density at radius 1 is 0.424 bits per heavy atom. The van der Waals surface area contributed by atoms with Crippen molar-refractivity contribution in [2.45, 2.75) is 173 Å². The van der Waals surface area contributed by atoms with E-state index < -0.39 is 0 Å². The minimum Gasteiger partial charge on any atom is -0.469 e. The fourth-order valence-electron chi connectivity index (χ4n) is 4.73. The number of carbonyl (C=O) groups excluding carboxylic acids is 1. The Bertz CT molecular complexity index is 370. The number of aliphatic hydroxyl groups is 1. The summed E-state index contributed by atoms with van der Waals surface area (Å²) in [7, 11) is 1.47. The highest BCUT2D eigenvalue weighted by Crippen LogP contribution is 2.16. The number of methoxy groups -OCH3 is 1. The van der Waals surface area contributed by atoms with E-state index in [0.717, 1.165) is 12.8 Å². The van der Waals surface area contributed by atoms with Gasteiger partial charge < -0.3 is 9.84 Å². The van der Waals surface area contributed by atoms with Crippen molar-refractivity contribution in [1.29, 1.82) is 0 Å². The zero-order valence-electron chi connectivity index (χ0n) is 22.6. The lowest BCUT2D eigenvalue weighted by atomic mass is 10.0. The van der Waals surface area contributed by atoms with Gasteiger partial charge in [-0.2, -0.15) is 0 Å². The molecule has 0 aliphatic heterocycles. The van der Waals surface area contributed by atoms with Gasteiger partial charge in [0.25, 0.3) is 0 Å². The number of carbonyl (C=O) groups is 1. The van der Waals surface area contributed by atoms with Crippen molar-refractivity contribution in [1.82, 2.24) is 0 Å². The highest BCUT2D eigenvalue weighted by Gasteiger charge is 1.99. The van der Waals surface area contributed by atoms with Crippen molar-refractivity contribution < 1.29 is 14.6 Å². The fourth-order valence-corrected chi connectivity index (χ4v) is 4.73. The lowest BCUT2D eigenvalue weighted by Gasteiger charge is -2.04. The molecular weight excluding hydrogens is 408 g/mol. The number of hydrogen-bond donors (Lipinski definition) is 1. The Morgan fingerprint density at radius 3 is 0.848 bits per heavy atom. The third-order valence-electron chi connectivity index (χ3n) is 7.02. The third-order valence-corrected chi connectivity index (χ3v) is 7.02. The maximum atomic E-state index is 11.0. The fraction of sp³-hybridized carbons (Fsp3) is 0.967. The quantitative estimate of drug-likeness (QED) is 0.0918. The third kappa shape index (κ3) is 29.4. The highest BCUT2D eigenvalue weighted by molar-refractivity contribution is 5.68. The summed E-state index contributed by atoms with van der Waals surface area (Å²) >= 11 is 0. The summed E-state index contributed by atoms with van der Waals surface area (Å²) in [6, 6.07) is 0. The molecule has 0 aliphatic carbocycles. The zero-order chi connectivity index (χ0) is 24.1. The molecule has 0 saturated carbocycles. The van der Waals surface area contributed by atoms with Crippen LogP contribution in [0.25, 0.3) is 0 Å². The van der Waals surface area contributed by atoms with E-state index in [-0.39, 0.29) is 5.97 Å². The van der Waals surface area contributed by atoms with Crippen LogP contribution in [0.2, 0.25) is 0 Å².